The maximum absolute atomic E-state index is 12.8. The molecular weight excluding hydrogens is 757 g/mol. The van der Waals surface area contributed by atoms with Crippen molar-refractivity contribution in [1.82, 2.24) is 0 Å². The zero-order valence-electron chi connectivity index (χ0n) is 39.7. The maximum atomic E-state index is 12.8. The Morgan fingerprint density at radius 2 is 0.689 bits per heavy atom. The third-order valence-corrected chi connectivity index (χ3v) is 10.4. The van der Waals surface area contributed by atoms with E-state index < -0.39 is 6.10 Å². The number of rotatable bonds is 44. The van der Waals surface area contributed by atoms with Crippen molar-refractivity contribution >= 4 is 17.9 Å². The topological polar surface area (TPSA) is 78.9 Å². The molecule has 61 heavy (non-hydrogen) atoms. The molecule has 0 aromatic heterocycles. The highest BCUT2D eigenvalue weighted by Crippen LogP contribution is 2.14. The fourth-order valence-corrected chi connectivity index (χ4v) is 6.66. The van der Waals surface area contributed by atoms with E-state index in [4.69, 9.17) is 14.2 Å². The van der Waals surface area contributed by atoms with Crippen LogP contribution in [-0.4, -0.2) is 37.2 Å². The molecule has 0 aromatic carbocycles. The van der Waals surface area contributed by atoms with Gasteiger partial charge in [-0.3, -0.25) is 14.4 Å². The van der Waals surface area contributed by atoms with Gasteiger partial charge < -0.3 is 14.2 Å². The maximum Gasteiger partial charge on any atom is 0.306 e. The van der Waals surface area contributed by atoms with Crippen LogP contribution in [-0.2, 0) is 28.6 Å². The van der Waals surface area contributed by atoms with Crippen molar-refractivity contribution in [3.8, 4) is 0 Å². The fourth-order valence-electron chi connectivity index (χ4n) is 6.66. The first-order chi connectivity index (χ1) is 30.0. The van der Waals surface area contributed by atoms with E-state index >= 15 is 0 Å². The monoisotopic (exact) mass is 849 g/mol. The zero-order valence-corrected chi connectivity index (χ0v) is 39.7. The van der Waals surface area contributed by atoms with E-state index in [1.54, 1.807) is 0 Å². The largest absolute Gasteiger partial charge is 0.462 e. The SMILES string of the molecule is CC/C=C\C/C=C\C/C=C\CCCCCCCCCCCC(=O)OCC(COC(=O)CCCC/C=C\C/C=C\CC)OC(=O)CCCCCCCC/C=C\C=C/CCCCC. The van der Waals surface area contributed by atoms with Crippen LogP contribution in [0.25, 0.3) is 0 Å². The lowest BCUT2D eigenvalue weighted by Gasteiger charge is -2.18. The highest BCUT2D eigenvalue weighted by atomic mass is 16.6. The van der Waals surface area contributed by atoms with Crippen LogP contribution >= 0.6 is 0 Å². The van der Waals surface area contributed by atoms with Crippen LogP contribution in [0.15, 0.2) is 85.1 Å². The summed E-state index contributed by atoms with van der Waals surface area (Å²) in [5.74, 6) is -0.953. The standard InChI is InChI=1S/C55H92O6/c1-4-7-10-13-16-19-21-23-25-26-27-28-30-31-33-36-39-42-45-48-54(57)60-51-52(50-59-53(56)47-44-41-38-35-18-15-12-9-6-3)61-55(58)49-46-43-40-37-34-32-29-24-22-20-17-14-11-8-5-2/h7,9-10,12,16-20,22-25,35,52H,4-6,8,11,13-15,21,26-34,36-51H2,1-3H3/b10-7-,12-9-,19-16-,20-17-,24-22-,25-23-,35-18-. The molecule has 0 fully saturated rings. The van der Waals surface area contributed by atoms with Gasteiger partial charge in [0.15, 0.2) is 6.10 Å². The Morgan fingerprint density at radius 1 is 0.361 bits per heavy atom. The van der Waals surface area contributed by atoms with Gasteiger partial charge in [0, 0.05) is 19.3 Å². The van der Waals surface area contributed by atoms with Crippen molar-refractivity contribution in [3.05, 3.63) is 85.1 Å². The predicted molar refractivity (Wildman–Crippen MR) is 261 cm³/mol. The molecule has 0 spiro atoms. The Bertz CT molecular complexity index is 1200. The van der Waals surface area contributed by atoms with Gasteiger partial charge in [0.25, 0.3) is 0 Å². The van der Waals surface area contributed by atoms with E-state index in [1.807, 2.05) is 0 Å². The van der Waals surface area contributed by atoms with Gasteiger partial charge in [-0.2, -0.15) is 0 Å². The quantitative estimate of drug-likeness (QED) is 0.0200. The summed E-state index contributed by atoms with van der Waals surface area (Å²) >= 11 is 0. The van der Waals surface area contributed by atoms with Gasteiger partial charge in [0.1, 0.15) is 13.2 Å². The summed E-state index contributed by atoms with van der Waals surface area (Å²) in [7, 11) is 0. The molecule has 0 bridgehead atoms. The number of carbonyl (C=O) groups excluding carboxylic acids is 3. The predicted octanol–water partition coefficient (Wildman–Crippen LogP) is 16.4. The molecule has 0 aromatic rings. The average molecular weight is 849 g/mol. The molecule has 348 valence electrons. The van der Waals surface area contributed by atoms with E-state index in [2.05, 4.69) is 106 Å². The summed E-state index contributed by atoms with van der Waals surface area (Å²) in [4.78, 5) is 37.8. The zero-order chi connectivity index (χ0) is 44.4. The van der Waals surface area contributed by atoms with E-state index in [0.29, 0.717) is 19.3 Å². The molecule has 1 atom stereocenters. The Labute approximate surface area is 375 Å². The molecule has 6 heteroatoms. The van der Waals surface area contributed by atoms with Crippen LogP contribution in [0.5, 0.6) is 0 Å². The second-order valence-electron chi connectivity index (χ2n) is 16.3. The summed E-state index contributed by atoms with van der Waals surface area (Å²) in [6, 6.07) is 0. The smallest absolute Gasteiger partial charge is 0.306 e. The minimum absolute atomic E-state index is 0.0952. The normalized spacial score (nSPS) is 12.8. The highest BCUT2D eigenvalue weighted by Gasteiger charge is 2.19. The third-order valence-electron chi connectivity index (χ3n) is 10.4. The minimum Gasteiger partial charge on any atom is -0.462 e. The van der Waals surface area contributed by atoms with Crippen molar-refractivity contribution in [2.75, 3.05) is 13.2 Å². The number of esters is 3. The number of ether oxygens (including phenoxy) is 3. The summed E-state index contributed by atoms with van der Waals surface area (Å²) in [5.41, 5.74) is 0. The molecule has 6 nitrogen and oxygen atoms in total. The number of hydrogen-bond acceptors (Lipinski definition) is 6. The molecule has 0 saturated carbocycles. The second kappa shape index (κ2) is 49.2. The first-order valence-corrected chi connectivity index (χ1v) is 25.1. The molecule has 0 N–H and O–H groups in total. The van der Waals surface area contributed by atoms with Crippen LogP contribution < -0.4 is 0 Å². The highest BCUT2D eigenvalue weighted by molar-refractivity contribution is 5.71. The molecule has 0 heterocycles. The van der Waals surface area contributed by atoms with Crippen molar-refractivity contribution in [2.45, 2.75) is 232 Å². The van der Waals surface area contributed by atoms with Gasteiger partial charge in [0.05, 0.1) is 0 Å². The van der Waals surface area contributed by atoms with Crippen molar-refractivity contribution in [2.24, 2.45) is 0 Å². The van der Waals surface area contributed by atoms with Gasteiger partial charge in [-0.05, 0) is 103 Å². The first-order valence-electron chi connectivity index (χ1n) is 25.1. The van der Waals surface area contributed by atoms with Gasteiger partial charge in [-0.25, -0.2) is 0 Å². The van der Waals surface area contributed by atoms with Crippen molar-refractivity contribution < 1.29 is 28.6 Å². The Morgan fingerprint density at radius 3 is 1.13 bits per heavy atom. The fraction of sp³-hybridized carbons (Fsp3) is 0.691. The Balaban J connectivity index is 4.36. The van der Waals surface area contributed by atoms with Crippen LogP contribution in [0.1, 0.15) is 226 Å². The van der Waals surface area contributed by atoms with Crippen LogP contribution in [0.4, 0.5) is 0 Å². The van der Waals surface area contributed by atoms with Crippen molar-refractivity contribution in [1.29, 1.82) is 0 Å². The molecule has 0 aliphatic rings. The van der Waals surface area contributed by atoms with Crippen molar-refractivity contribution in [3.63, 3.8) is 0 Å². The molecule has 0 radical (unpaired) electrons. The van der Waals surface area contributed by atoms with Gasteiger partial charge in [-0.15, -0.1) is 0 Å². The summed E-state index contributed by atoms with van der Waals surface area (Å²) in [5, 5.41) is 0. The molecule has 1 unspecified atom stereocenters. The summed E-state index contributed by atoms with van der Waals surface area (Å²) in [6.07, 6.45) is 62.9. The second-order valence-corrected chi connectivity index (χ2v) is 16.3. The van der Waals surface area contributed by atoms with Gasteiger partial charge >= 0.3 is 17.9 Å². The molecular formula is C55H92O6. The lowest BCUT2D eigenvalue weighted by molar-refractivity contribution is -0.167. The third kappa shape index (κ3) is 47.5. The van der Waals surface area contributed by atoms with E-state index in [9.17, 15) is 14.4 Å². The average Bonchev–Trinajstić information content (AvgIpc) is 3.26. The van der Waals surface area contributed by atoms with E-state index in [-0.39, 0.29) is 31.1 Å². The molecule has 0 amide bonds. The van der Waals surface area contributed by atoms with Gasteiger partial charge in [-0.1, -0.05) is 189 Å². The molecule has 0 aliphatic heterocycles. The number of unbranched alkanes of at least 4 members (excludes halogenated alkanes) is 20. The lowest BCUT2D eigenvalue weighted by Crippen LogP contribution is -2.30. The molecule has 0 saturated heterocycles. The number of carbonyl (C=O) groups is 3. The number of allylic oxidation sites excluding steroid dienone is 14. The lowest BCUT2D eigenvalue weighted by atomic mass is 10.1. The van der Waals surface area contributed by atoms with Crippen LogP contribution in [0, 0.1) is 0 Å². The molecule has 0 aliphatic carbocycles. The van der Waals surface area contributed by atoms with Crippen LogP contribution in [0.2, 0.25) is 0 Å². The molecule has 0 rings (SSSR count). The van der Waals surface area contributed by atoms with E-state index in [0.717, 1.165) is 103 Å². The number of hydrogen-bond donors (Lipinski definition) is 0. The van der Waals surface area contributed by atoms with Gasteiger partial charge in [0.2, 0.25) is 0 Å². The Hall–Kier alpha value is -3.41. The first kappa shape index (κ1) is 57.6. The summed E-state index contributed by atoms with van der Waals surface area (Å²) < 4.78 is 16.7. The minimum atomic E-state index is -0.796. The summed E-state index contributed by atoms with van der Waals surface area (Å²) in [6.45, 7) is 6.32. The van der Waals surface area contributed by atoms with E-state index in [1.165, 1.54) is 83.5 Å². The van der Waals surface area contributed by atoms with Crippen LogP contribution in [0.3, 0.4) is 0 Å². The Kier molecular flexibility index (Phi) is 46.5.